The van der Waals surface area contributed by atoms with Crippen LogP contribution in [0.4, 0.5) is 0 Å². The highest BCUT2D eigenvalue weighted by Gasteiger charge is 2.11. The van der Waals surface area contributed by atoms with Gasteiger partial charge in [-0.05, 0) is 36.4 Å². The maximum atomic E-state index is 8.73. The van der Waals surface area contributed by atoms with Gasteiger partial charge in [0, 0.05) is 11.8 Å². The molecule has 0 fully saturated rings. The minimum Gasteiger partial charge on any atom is -0.497 e. The number of aromatic nitrogens is 2. The number of benzene rings is 1. The van der Waals surface area contributed by atoms with Crippen LogP contribution >= 0.6 is 0 Å². The molecule has 0 saturated heterocycles. The van der Waals surface area contributed by atoms with Gasteiger partial charge in [-0.2, -0.15) is 0 Å². The summed E-state index contributed by atoms with van der Waals surface area (Å²) >= 11 is 0. The standard InChI is InChI=1S/C15H13N3O2/c1-20-12-7-5-11(6-8-12)15-17-13(10-16-19)14-4-2-3-9-18(14)15/h2-10,19H,1H3/b16-10+. The van der Waals surface area contributed by atoms with Crippen LogP contribution in [0, 0.1) is 0 Å². The largest absolute Gasteiger partial charge is 0.497 e. The Morgan fingerprint density at radius 3 is 2.70 bits per heavy atom. The van der Waals surface area contributed by atoms with Crippen molar-refractivity contribution < 1.29 is 9.94 Å². The van der Waals surface area contributed by atoms with Crippen LogP contribution in [0.25, 0.3) is 16.9 Å². The first kappa shape index (κ1) is 12.2. The van der Waals surface area contributed by atoms with Gasteiger partial charge in [-0.3, -0.25) is 4.40 Å². The topological polar surface area (TPSA) is 59.1 Å². The highest BCUT2D eigenvalue weighted by Crippen LogP contribution is 2.24. The Bertz CT molecular complexity index is 760. The van der Waals surface area contributed by atoms with Gasteiger partial charge in [0.1, 0.15) is 17.3 Å². The molecule has 0 spiro atoms. The lowest BCUT2D eigenvalue weighted by molar-refractivity contribution is 0.322. The van der Waals surface area contributed by atoms with Crippen molar-refractivity contribution in [2.45, 2.75) is 0 Å². The van der Waals surface area contributed by atoms with Crippen molar-refractivity contribution in [2.24, 2.45) is 5.16 Å². The van der Waals surface area contributed by atoms with E-state index in [9.17, 15) is 0 Å². The third-order valence-electron chi connectivity index (χ3n) is 3.11. The second-order valence-corrected chi connectivity index (χ2v) is 4.25. The van der Waals surface area contributed by atoms with Crippen LogP contribution in [-0.2, 0) is 0 Å². The lowest BCUT2D eigenvalue weighted by Crippen LogP contribution is -1.89. The predicted molar refractivity (Wildman–Crippen MR) is 76.6 cm³/mol. The van der Waals surface area contributed by atoms with E-state index in [0.29, 0.717) is 5.69 Å². The van der Waals surface area contributed by atoms with Gasteiger partial charge in [0.15, 0.2) is 0 Å². The van der Waals surface area contributed by atoms with E-state index in [2.05, 4.69) is 10.1 Å². The van der Waals surface area contributed by atoms with E-state index in [4.69, 9.17) is 9.94 Å². The van der Waals surface area contributed by atoms with Gasteiger partial charge in [0.2, 0.25) is 0 Å². The second-order valence-electron chi connectivity index (χ2n) is 4.25. The number of hydrogen-bond donors (Lipinski definition) is 1. The average Bonchev–Trinajstić information content (AvgIpc) is 2.87. The minimum absolute atomic E-state index is 0.624. The summed E-state index contributed by atoms with van der Waals surface area (Å²) in [5.41, 5.74) is 2.47. The third-order valence-corrected chi connectivity index (χ3v) is 3.11. The molecule has 0 aliphatic carbocycles. The van der Waals surface area contributed by atoms with Crippen molar-refractivity contribution in [1.82, 2.24) is 9.38 Å². The summed E-state index contributed by atoms with van der Waals surface area (Å²) in [7, 11) is 1.63. The molecule has 5 heteroatoms. The fourth-order valence-electron chi connectivity index (χ4n) is 2.16. The fourth-order valence-corrected chi connectivity index (χ4v) is 2.16. The maximum absolute atomic E-state index is 8.73. The number of fused-ring (bicyclic) bond motifs is 1. The maximum Gasteiger partial charge on any atom is 0.145 e. The molecule has 100 valence electrons. The summed E-state index contributed by atoms with van der Waals surface area (Å²) in [5.74, 6) is 1.59. The summed E-state index contributed by atoms with van der Waals surface area (Å²) in [6.07, 6.45) is 3.26. The number of ether oxygens (including phenoxy) is 1. The van der Waals surface area contributed by atoms with Crippen LogP contribution in [0.5, 0.6) is 5.75 Å². The monoisotopic (exact) mass is 267 g/mol. The predicted octanol–water partition coefficient (Wildman–Crippen LogP) is 2.82. The van der Waals surface area contributed by atoms with E-state index in [1.54, 1.807) is 7.11 Å². The van der Waals surface area contributed by atoms with Gasteiger partial charge in [-0.15, -0.1) is 0 Å². The van der Waals surface area contributed by atoms with Crippen LogP contribution in [0.1, 0.15) is 5.69 Å². The lowest BCUT2D eigenvalue weighted by Gasteiger charge is -2.03. The molecule has 3 rings (SSSR count). The van der Waals surface area contributed by atoms with Gasteiger partial charge < -0.3 is 9.94 Å². The van der Waals surface area contributed by atoms with Crippen LogP contribution in [0.2, 0.25) is 0 Å². The molecule has 2 heterocycles. The summed E-state index contributed by atoms with van der Waals surface area (Å²) < 4.78 is 7.11. The van der Waals surface area contributed by atoms with Crippen LogP contribution in [-0.4, -0.2) is 27.9 Å². The van der Waals surface area contributed by atoms with Crippen LogP contribution in [0.15, 0.2) is 53.8 Å². The van der Waals surface area contributed by atoms with Crippen LogP contribution in [0.3, 0.4) is 0 Å². The first-order chi connectivity index (χ1) is 9.83. The van der Waals surface area contributed by atoms with Gasteiger partial charge in [-0.1, -0.05) is 11.2 Å². The van der Waals surface area contributed by atoms with E-state index in [1.165, 1.54) is 6.21 Å². The van der Waals surface area contributed by atoms with Crippen molar-refractivity contribution >= 4 is 11.7 Å². The molecule has 5 nitrogen and oxygen atoms in total. The molecular weight excluding hydrogens is 254 g/mol. The number of rotatable bonds is 3. The number of pyridine rings is 1. The molecule has 0 aliphatic rings. The first-order valence-corrected chi connectivity index (χ1v) is 6.12. The van der Waals surface area contributed by atoms with E-state index < -0.39 is 0 Å². The zero-order valence-electron chi connectivity index (χ0n) is 10.9. The molecule has 1 aromatic carbocycles. The molecule has 20 heavy (non-hydrogen) atoms. The van der Waals surface area contributed by atoms with E-state index >= 15 is 0 Å². The molecule has 0 aliphatic heterocycles. The molecule has 0 amide bonds. The SMILES string of the molecule is COc1ccc(-c2nc(/C=N/O)c3ccccn23)cc1. The molecule has 3 aromatic rings. The van der Waals surface area contributed by atoms with Crippen molar-refractivity contribution in [3.63, 3.8) is 0 Å². The zero-order valence-corrected chi connectivity index (χ0v) is 10.9. The van der Waals surface area contributed by atoms with Crippen LogP contribution < -0.4 is 4.74 Å². The average molecular weight is 267 g/mol. The Kier molecular flexibility index (Phi) is 3.09. The fraction of sp³-hybridized carbons (Fsp3) is 0.0667. The number of nitrogens with zero attached hydrogens (tertiary/aromatic N) is 3. The number of hydrogen-bond acceptors (Lipinski definition) is 4. The number of imidazole rings is 1. The third kappa shape index (κ3) is 1.99. The minimum atomic E-state index is 0.624. The van der Waals surface area contributed by atoms with Gasteiger partial charge >= 0.3 is 0 Å². The lowest BCUT2D eigenvalue weighted by atomic mass is 10.2. The second kappa shape index (κ2) is 5.05. The van der Waals surface area contributed by atoms with Gasteiger partial charge in [-0.25, -0.2) is 4.98 Å². The summed E-state index contributed by atoms with van der Waals surface area (Å²) in [6.45, 7) is 0. The number of oxime groups is 1. The van der Waals surface area contributed by atoms with Gasteiger partial charge in [0.25, 0.3) is 0 Å². The van der Waals surface area contributed by atoms with Gasteiger partial charge in [0.05, 0.1) is 18.8 Å². The Morgan fingerprint density at radius 1 is 1.20 bits per heavy atom. The molecule has 0 saturated carbocycles. The molecule has 0 radical (unpaired) electrons. The summed E-state index contributed by atoms with van der Waals surface area (Å²) in [5, 5.41) is 11.8. The molecule has 0 bridgehead atoms. The molecule has 1 N–H and O–H groups in total. The highest BCUT2D eigenvalue weighted by atomic mass is 16.5. The molecular formula is C15H13N3O2. The Labute approximate surface area is 115 Å². The number of methoxy groups -OCH3 is 1. The van der Waals surface area contributed by atoms with E-state index in [1.807, 2.05) is 53.1 Å². The molecule has 0 unspecified atom stereocenters. The Balaban J connectivity index is 2.19. The van der Waals surface area contributed by atoms with E-state index in [0.717, 1.165) is 22.7 Å². The normalized spacial score (nSPS) is 11.2. The first-order valence-electron chi connectivity index (χ1n) is 6.12. The Hall–Kier alpha value is -2.82. The quantitative estimate of drug-likeness (QED) is 0.451. The van der Waals surface area contributed by atoms with E-state index in [-0.39, 0.29) is 0 Å². The smallest absolute Gasteiger partial charge is 0.145 e. The van der Waals surface area contributed by atoms with Crippen molar-refractivity contribution in [1.29, 1.82) is 0 Å². The molecule has 2 aromatic heterocycles. The summed E-state index contributed by atoms with van der Waals surface area (Å²) in [6, 6.07) is 13.4. The Morgan fingerprint density at radius 2 is 2.00 bits per heavy atom. The molecule has 0 atom stereocenters. The summed E-state index contributed by atoms with van der Waals surface area (Å²) in [4.78, 5) is 4.52. The van der Waals surface area contributed by atoms with Crippen molar-refractivity contribution in [3.8, 4) is 17.1 Å². The zero-order chi connectivity index (χ0) is 13.9. The van der Waals surface area contributed by atoms with Crippen molar-refractivity contribution in [3.05, 3.63) is 54.4 Å². The van der Waals surface area contributed by atoms with Crippen molar-refractivity contribution in [2.75, 3.05) is 7.11 Å². The highest BCUT2D eigenvalue weighted by molar-refractivity contribution is 5.88.